The highest BCUT2D eigenvalue weighted by Gasteiger charge is 2.50. The van der Waals surface area contributed by atoms with Gasteiger partial charge in [-0.15, -0.1) is 0 Å². The fourth-order valence-electron chi connectivity index (χ4n) is 5.66. The summed E-state index contributed by atoms with van der Waals surface area (Å²) in [6, 6.07) is 11.0. The summed E-state index contributed by atoms with van der Waals surface area (Å²) in [6.45, 7) is 0.686. The zero-order valence-electron chi connectivity index (χ0n) is 19.7. The number of aliphatic hydroxyl groups is 1. The quantitative estimate of drug-likeness (QED) is 0.662. The van der Waals surface area contributed by atoms with Crippen LogP contribution in [0.4, 0.5) is 0 Å². The van der Waals surface area contributed by atoms with Crippen LogP contribution < -0.4 is 18.9 Å². The maximum absolute atomic E-state index is 13.6. The fourth-order valence-corrected chi connectivity index (χ4v) is 5.66. The number of ether oxygens (including phenoxy) is 4. The van der Waals surface area contributed by atoms with Crippen LogP contribution in [0.15, 0.2) is 42.5 Å². The SMILES string of the molecule is COc1ccc(OC)c([C@H]2[C@H]3CCCC[C@]3(O)CCN2C(=O)/C=C/c2ccc3c(c2)OCO3)c1. The molecular formula is C27H31NO6. The molecule has 1 aliphatic carbocycles. The molecule has 2 heterocycles. The summed E-state index contributed by atoms with van der Waals surface area (Å²) in [5.41, 5.74) is 0.949. The van der Waals surface area contributed by atoms with Crippen molar-refractivity contribution in [1.29, 1.82) is 0 Å². The molecule has 0 radical (unpaired) electrons. The van der Waals surface area contributed by atoms with Gasteiger partial charge in [0.25, 0.3) is 0 Å². The van der Waals surface area contributed by atoms with Crippen molar-refractivity contribution in [3.8, 4) is 23.0 Å². The number of amides is 1. The molecule has 7 heteroatoms. The largest absolute Gasteiger partial charge is 0.497 e. The van der Waals surface area contributed by atoms with E-state index in [1.807, 2.05) is 41.3 Å². The Bertz CT molecular complexity index is 1100. The van der Waals surface area contributed by atoms with Crippen molar-refractivity contribution in [3.05, 3.63) is 53.6 Å². The van der Waals surface area contributed by atoms with Crippen LogP contribution in [0.25, 0.3) is 6.08 Å². The van der Waals surface area contributed by atoms with Crippen LogP contribution in [0.5, 0.6) is 23.0 Å². The van der Waals surface area contributed by atoms with Gasteiger partial charge in [0.15, 0.2) is 11.5 Å². The van der Waals surface area contributed by atoms with Gasteiger partial charge in [-0.25, -0.2) is 0 Å². The Morgan fingerprint density at radius 1 is 1.09 bits per heavy atom. The molecule has 5 rings (SSSR count). The van der Waals surface area contributed by atoms with E-state index >= 15 is 0 Å². The van der Waals surface area contributed by atoms with Gasteiger partial charge in [0.2, 0.25) is 12.7 Å². The average Bonchev–Trinajstić information content (AvgIpc) is 3.34. The Kier molecular flexibility index (Phi) is 6.13. The van der Waals surface area contributed by atoms with Crippen molar-refractivity contribution < 1.29 is 28.8 Å². The Labute approximate surface area is 199 Å². The Balaban J connectivity index is 1.49. The number of carbonyl (C=O) groups is 1. The molecule has 34 heavy (non-hydrogen) atoms. The second-order valence-corrected chi connectivity index (χ2v) is 9.24. The topological polar surface area (TPSA) is 77.5 Å². The van der Waals surface area contributed by atoms with Gasteiger partial charge in [0.05, 0.1) is 25.9 Å². The van der Waals surface area contributed by atoms with Crippen LogP contribution in [0.1, 0.15) is 49.3 Å². The van der Waals surface area contributed by atoms with Gasteiger partial charge >= 0.3 is 0 Å². The molecule has 0 spiro atoms. The van der Waals surface area contributed by atoms with E-state index in [-0.39, 0.29) is 24.7 Å². The molecule has 2 aromatic carbocycles. The summed E-state index contributed by atoms with van der Waals surface area (Å²) in [5, 5.41) is 11.6. The van der Waals surface area contributed by atoms with Gasteiger partial charge < -0.3 is 29.0 Å². The third-order valence-corrected chi connectivity index (χ3v) is 7.42. The molecule has 0 bridgehead atoms. The van der Waals surface area contributed by atoms with Gasteiger partial charge in [-0.1, -0.05) is 18.9 Å². The van der Waals surface area contributed by atoms with Crippen molar-refractivity contribution in [2.24, 2.45) is 5.92 Å². The van der Waals surface area contributed by atoms with Crippen LogP contribution in [0.2, 0.25) is 0 Å². The lowest BCUT2D eigenvalue weighted by Crippen LogP contribution is -2.56. The molecule has 1 saturated carbocycles. The number of fused-ring (bicyclic) bond motifs is 2. The lowest BCUT2D eigenvalue weighted by Gasteiger charge is -2.52. The zero-order chi connectivity index (χ0) is 23.7. The second kappa shape index (κ2) is 9.22. The van der Waals surface area contributed by atoms with Crippen molar-refractivity contribution in [2.75, 3.05) is 27.6 Å². The maximum atomic E-state index is 13.6. The molecule has 0 unspecified atom stereocenters. The monoisotopic (exact) mass is 465 g/mol. The minimum absolute atomic E-state index is 0.0705. The number of methoxy groups -OCH3 is 2. The van der Waals surface area contributed by atoms with E-state index in [0.717, 1.165) is 36.8 Å². The molecule has 1 N–H and O–H groups in total. The molecule has 1 saturated heterocycles. The number of piperidine rings is 1. The Morgan fingerprint density at radius 3 is 2.76 bits per heavy atom. The molecule has 1 amide bonds. The molecule has 3 atom stereocenters. The maximum Gasteiger partial charge on any atom is 0.247 e. The van der Waals surface area contributed by atoms with Crippen molar-refractivity contribution >= 4 is 12.0 Å². The fraction of sp³-hybridized carbons (Fsp3) is 0.444. The van der Waals surface area contributed by atoms with E-state index in [4.69, 9.17) is 18.9 Å². The summed E-state index contributed by atoms with van der Waals surface area (Å²) in [4.78, 5) is 15.4. The standard InChI is InChI=1S/C27H31NO6/c1-31-19-8-10-22(32-2)20(16-19)26-21-5-3-4-12-27(21,30)13-14-28(26)25(29)11-7-18-6-9-23-24(15-18)34-17-33-23/h6-11,15-16,21,26,30H,3-5,12-14,17H2,1-2H3/b11-7+/t21-,26+,27+/m1/s1. The molecule has 3 aliphatic rings. The van der Waals surface area contributed by atoms with Crippen LogP contribution >= 0.6 is 0 Å². The Hall–Kier alpha value is -3.19. The first-order valence-corrected chi connectivity index (χ1v) is 11.8. The van der Waals surface area contributed by atoms with Gasteiger partial charge in [-0.2, -0.15) is 0 Å². The summed E-state index contributed by atoms with van der Waals surface area (Å²) < 4.78 is 22.0. The highest BCUT2D eigenvalue weighted by molar-refractivity contribution is 5.92. The van der Waals surface area contributed by atoms with Crippen molar-refractivity contribution in [1.82, 2.24) is 4.90 Å². The lowest BCUT2D eigenvalue weighted by molar-refractivity contribution is -0.151. The van der Waals surface area contributed by atoms with E-state index in [2.05, 4.69) is 0 Å². The van der Waals surface area contributed by atoms with E-state index < -0.39 is 5.60 Å². The van der Waals surface area contributed by atoms with E-state index in [0.29, 0.717) is 36.0 Å². The van der Waals surface area contributed by atoms with Gasteiger partial charge in [0, 0.05) is 24.1 Å². The number of hydrogen-bond acceptors (Lipinski definition) is 6. The van der Waals surface area contributed by atoms with Gasteiger partial charge in [-0.3, -0.25) is 4.79 Å². The molecule has 7 nitrogen and oxygen atoms in total. The molecular weight excluding hydrogens is 434 g/mol. The first kappa shape index (κ1) is 22.6. The van der Waals surface area contributed by atoms with Crippen LogP contribution in [0.3, 0.4) is 0 Å². The number of likely N-dealkylation sites (tertiary alicyclic amines) is 1. The molecule has 2 aliphatic heterocycles. The summed E-state index contributed by atoms with van der Waals surface area (Å²) in [7, 11) is 3.26. The smallest absolute Gasteiger partial charge is 0.247 e. The summed E-state index contributed by atoms with van der Waals surface area (Å²) in [5.74, 6) is 2.61. The number of nitrogens with zero attached hydrogens (tertiary/aromatic N) is 1. The zero-order valence-corrected chi connectivity index (χ0v) is 19.7. The van der Waals surface area contributed by atoms with E-state index in [1.165, 1.54) is 0 Å². The van der Waals surface area contributed by atoms with Crippen LogP contribution in [0, 0.1) is 5.92 Å². The predicted octanol–water partition coefficient (Wildman–Crippen LogP) is 4.34. The average molecular weight is 466 g/mol. The minimum Gasteiger partial charge on any atom is -0.497 e. The number of hydrogen-bond donors (Lipinski definition) is 1. The molecule has 2 aromatic rings. The second-order valence-electron chi connectivity index (χ2n) is 9.24. The van der Waals surface area contributed by atoms with Crippen LogP contribution in [-0.4, -0.2) is 49.1 Å². The van der Waals surface area contributed by atoms with Crippen LogP contribution in [-0.2, 0) is 4.79 Å². The summed E-state index contributed by atoms with van der Waals surface area (Å²) in [6.07, 6.45) is 7.63. The van der Waals surface area contributed by atoms with E-state index in [1.54, 1.807) is 26.4 Å². The highest BCUT2D eigenvalue weighted by atomic mass is 16.7. The number of carbonyl (C=O) groups excluding carboxylic acids is 1. The number of rotatable bonds is 5. The molecule has 180 valence electrons. The van der Waals surface area contributed by atoms with Crippen molar-refractivity contribution in [2.45, 2.75) is 43.7 Å². The normalized spacial score (nSPS) is 25.8. The first-order valence-electron chi connectivity index (χ1n) is 11.8. The van der Waals surface area contributed by atoms with Gasteiger partial charge in [-0.05, 0) is 61.2 Å². The Morgan fingerprint density at radius 2 is 1.94 bits per heavy atom. The molecule has 0 aromatic heterocycles. The van der Waals surface area contributed by atoms with Gasteiger partial charge in [0.1, 0.15) is 11.5 Å². The van der Waals surface area contributed by atoms with E-state index in [9.17, 15) is 9.90 Å². The predicted molar refractivity (Wildman–Crippen MR) is 127 cm³/mol. The summed E-state index contributed by atoms with van der Waals surface area (Å²) >= 11 is 0. The van der Waals surface area contributed by atoms with Crippen molar-refractivity contribution in [3.63, 3.8) is 0 Å². The third-order valence-electron chi connectivity index (χ3n) is 7.42. The third kappa shape index (κ3) is 4.09. The lowest BCUT2D eigenvalue weighted by atomic mass is 9.66. The molecule has 2 fully saturated rings. The number of benzene rings is 2. The first-order chi connectivity index (χ1) is 16.5. The highest BCUT2D eigenvalue weighted by Crippen LogP contribution is 2.51. The minimum atomic E-state index is -0.783.